The van der Waals surface area contributed by atoms with Crippen LogP contribution in [0.3, 0.4) is 0 Å². The number of nitrogens with one attached hydrogen (secondary N) is 1. The number of amides is 1. The fraction of sp³-hybridized carbons (Fsp3) is 0.435. The van der Waals surface area contributed by atoms with Crippen molar-refractivity contribution >= 4 is 5.91 Å². The summed E-state index contributed by atoms with van der Waals surface area (Å²) in [5.41, 5.74) is 0.223. The lowest BCUT2D eigenvalue weighted by molar-refractivity contribution is -0.136. The van der Waals surface area contributed by atoms with Crippen molar-refractivity contribution in [3.63, 3.8) is 0 Å². The maximum absolute atomic E-state index is 14.7. The Morgan fingerprint density at radius 1 is 0.871 bits per heavy atom. The lowest BCUT2D eigenvalue weighted by Gasteiger charge is -2.41. The van der Waals surface area contributed by atoms with E-state index in [1.54, 1.807) is 4.90 Å². The molecular formula is C23H25F4N3O. The molecule has 4 nitrogen and oxygen atoms in total. The number of carbonyl (C=O) groups is 1. The number of carbonyl (C=O) groups excluding carboxylic acids is 1. The molecule has 0 aliphatic carbocycles. The maximum atomic E-state index is 14.7. The van der Waals surface area contributed by atoms with E-state index >= 15 is 0 Å². The SMILES string of the molecule is O=C(C1CCCCN1)N1CCN(C(c2ccc(F)cc2F)c2ccc(F)cc2F)CC1. The highest BCUT2D eigenvalue weighted by molar-refractivity contribution is 5.82. The summed E-state index contributed by atoms with van der Waals surface area (Å²) in [6.07, 6.45) is 2.88. The molecule has 0 spiro atoms. The molecule has 1 atom stereocenters. The van der Waals surface area contributed by atoms with Gasteiger partial charge in [0.25, 0.3) is 0 Å². The van der Waals surface area contributed by atoms with Crippen molar-refractivity contribution < 1.29 is 22.4 Å². The fourth-order valence-electron chi connectivity index (χ4n) is 4.49. The Kier molecular flexibility index (Phi) is 6.57. The standard InChI is InChI=1S/C23H25F4N3O/c24-15-4-6-17(19(26)13-15)22(18-7-5-16(25)14-20(18)27)29-9-11-30(12-10-29)23(31)21-3-1-2-8-28-21/h4-7,13-14,21-22,28H,1-3,8-12H2. The van der Waals surface area contributed by atoms with Crippen molar-refractivity contribution in [2.45, 2.75) is 31.3 Å². The van der Waals surface area contributed by atoms with Crippen LogP contribution in [0.4, 0.5) is 17.6 Å². The lowest BCUT2D eigenvalue weighted by atomic mass is 9.95. The van der Waals surface area contributed by atoms with Crippen LogP contribution in [0.1, 0.15) is 36.4 Å². The molecule has 2 heterocycles. The lowest BCUT2D eigenvalue weighted by Crippen LogP contribution is -2.55. The van der Waals surface area contributed by atoms with E-state index < -0.39 is 29.3 Å². The van der Waals surface area contributed by atoms with Gasteiger partial charge >= 0.3 is 0 Å². The molecule has 2 aromatic rings. The molecule has 0 bridgehead atoms. The van der Waals surface area contributed by atoms with E-state index in [1.807, 2.05) is 4.90 Å². The van der Waals surface area contributed by atoms with Gasteiger partial charge in [0.2, 0.25) is 5.91 Å². The number of nitrogens with zero attached hydrogens (tertiary/aromatic N) is 2. The van der Waals surface area contributed by atoms with Crippen molar-refractivity contribution in [1.82, 2.24) is 15.1 Å². The smallest absolute Gasteiger partial charge is 0.239 e. The van der Waals surface area contributed by atoms with Gasteiger partial charge in [-0.2, -0.15) is 0 Å². The van der Waals surface area contributed by atoms with Gasteiger partial charge in [-0.1, -0.05) is 18.6 Å². The molecule has 4 rings (SSSR count). The zero-order chi connectivity index (χ0) is 22.0. The van der Waals surface area contributed by atoms with Gasteiger partial charge in [-0.15, -0.1) is 0 Å². The number of piperazine rings is 1. The van der Waals surface area contributed by atoms with Gasteiger partial charge < -0.3 is 10.2 Å². The molecule has 0 radical (unpaired) electrons. The van der Waals surface area contributed by atoms with Crippen molar-refractivity contribution in [1.29, 1.82) is 0 Å². The van der Waals surface area contributed by atoms with E-state index in [1.165, 1.54) is 12.1 Å². The van der Waals surface area contributed by atoms with Gasteiger partial charge in [0, 0.05) is 49.4 Å². The van der Waals surface area contributed by atoms with Crippen LogP contribution in [0.5, 0.6) is 0 Å². The Labute approximate surface area is 178 Å². The van der Waals surface area contributed by atoms with Crippen LogP contribution >= 0.6 is 0 Å². The maximum Gasteiger partial charge on any atom is 0.239 e. The van der Waals surface area contributed by atoms with Crippen LogP contribution in [0.2, 0.25) is 0 Å². The van der Waals surface area contributed by atoms with Crippen molar-refractivity contribution in [2.75, 3.05) is 32.7 Å². The minimum Gasteiger partial charge on any atom is -0.339 e. The van der Waals surface area contributed by atoms with Crippen LogP contribution in [0.15, 0.2) is 36.4 Å². The summed E-state index contributed by atoms with van der Waals surface area (Å²) in [5, 5.41) is 3.25. The first kappa shape index (κ1) is 21.8. The molecule has 2 aliphatic heterocycles. The number of hydrogen-bond acceptors (Lipinski definition) is 3. The van der Waals surface area contributed by atoms with Crippen molar-refractivity contribution in [2.24, 2.45) is 0 Å². The molecule has 0 aromatic heterocycles. The van der Waals surface area contributed by atoms with E-state index in [0.717, 1.165) is 50.1 Å². The average Bonchev–Trinajstić information content (AvgIpc) is 2.77. The van der Waals surface area contributed by atoms with Gasteiger partial charge in [-0.05, 0) is 31.5 Å². The molecule has 2 aromatic carbocycles. The summed E-state index contributed by atoms with van der Waals surface area (Å²) in [7, 11) is 0. The molecule has 2 fully saturated rings. The van der Waals surface area contributed by atoms with E-state index in [0.29, 0.717) is 26.2 Å². The molecular weight excluding hydrogens is 410 g/mol. The predicted octanol–water partition coefficient (Wildman–Crippen LogP) is 3.62. The van der Waals surface area contributed by atoms with E-state index in [2.05, 4.69) is 5.32 Å². The minimum atomic E-state index is -0.855. The third-order valence-corrected chi connectivity index (χ3v) is 6.11. The molecule has 166 valence electrons. The highest BCUT2D eigenvalue weighted by Gasteiger charge is 2.33. The van der Waals surface area contributed by atoms with Crippen molar-refractivity contribution in [3.05, 3.63) is 70.8 Å². The van der Waals surface area contributed by atoms with Crippen LogP contribution in [0.25, 0.3) is 0 Å². The summed E-state index contributed by atoms with van der Waals surface area (Å²) in [5.74, 6) is -2.99. The zero-order valence-electron chi connectivity index (χ0n) is 17.1. The Hall–Kier alpha value is -2.45. The first-order chi connectivity index (χ1) is 14.9. The molecule has 1 amide bonds. The quantitative estimate of drug-likeness (QED) is 0.746. The molecule has 2 aliphatic rings. The van der Waals surface area contributed by atoms with Gasteiger partial charge in [-0.25, -0.2) is 17.6 Å². The second-order valence-electron chi connectivity index (χ2n) is 8.10. The largest absolute Gasteiger partial charge is 0.339 e. The summed E-state index contributed by atoms with van der Waals surface area (Å²) in [6.45, 7) is 2.43. The Morgan fingerprint density at radius 3 is 1.94 bits per heavy atom. The summed E-state index contributed by atoms with van der Waals surface area (Å²) < 4.78 is 56.3. The summed E-state index contributed by atoms with van der Waals surface area (Å²) in [6, 6.07) is 5.33. The third kappa shape index (κ3) is 4.75. The predicted molar refractivity (Wildman–Crippen MR) is 108 cm³/mol. The fourth-order valence-corrected chi connectivity index (χ4v) is 4.49. The first-order valence-electron chi connectivity index (χ1n) is 10.6. The van der Waals surface area contributed by atoms with Crippen LogP contribution in [0, 0.1) is 23.3 Å². The Bertz CT molecular complexity index is 889. The van der Waals surface area contributed by atoms with Crippen LogP contribution < -0.4 is 5.32 Å². The molecule has 0 saturated carbocycles. The summed E-state index contributed by atoms with van der Waals surface area (Å²) >= 11 is 0. The number of piperidine rings is 1. The molecule has 8 heteroatoms. The Morgan fingerprint density at radius 2 is 1.45 bits per heavy atom. The number of halogens is 4. The minimum absolute atomic E-state index is 0.0526. The molecule has 31 heavy (non-hydrogen) atoms. The molecule has 2 saturated heterocycles. The number of hydrogen-bond donors (Lipinski definition) is 1. The van der Waals surface area contributed by atoms with E-state index in [9.17, 15) is 22.4 Å². The Balaban J connectivity index is 1.57. The van der Waals surface area contributed by atoms with Gasteiger partial charge in [0.15, 0.2) is 0 Å². The van der Waals surface area contributed by atoms with E-state index in [4.69, 9.17) is 0 Å². The molecule has 1 unspecified atom stereocenters. The van der Waals surface area contributed by atoms with Gasteiger partial charge in [-0.3, -0.25) is 9.69 Å². The van der Waals surface area contributed by atoms with E-state index in [-0.39, 0.29) is 23.1 Å². The monoisotopic (exact) mass is 435 g/mol. The highest BCUT2D eigenvalue weighted by Crippen LogP contribution is 2.33. The first-order valence-corrected chi connectivity index (χ1v) is 10.6. The average molecular weight is 435 g/mol. The topological polar surface area (TPSA) is 35.6 Å². The second kappa shape index (κ2) is 9.36. The van der Waals surface area contributed by atoms with Crippen molar-refractivity contribution in [3.8, 4) is 0 Å². The zero-order valence-corrected chi connectivity index (χ0v) is 17.1. The van der Waals surface area contributed by atoms with Gasteiger partial charge in [0.1, 0.15) is 23.3 Å². The third-order valence-electron chi connectivity index (χ3n) is 6.11. The molecule has 1 N–H and O–H groups in total. The number of benzene rings is 2. The van der Waals surface area contributed by atoms with Crippen LogP contribution in [-0.2, 0) is 4.79 Å². The summed E-state index contributed by atoms with van der Waals surface area (Å²) in [4.78, 5) is 16.4. The van der Waals surface area contributed by atoms with Gasteiger partial charge in [0.05, 0.1) is 12.1 Å². The highest BCUT2D eigenvalue weighted by atomic mass is 19.1. The second-order valence-corrected chi connectivity index (χ2v) is 8.10. The van der Waals surface area contributed by atoms with Crippen LogP contribution in [-0.4, -0.2) is 54.5 Å². The normalized spacial score (nSPS) is 20.3. The number of rotatable bonds is 4.